The standard InChI is InChI=1S/C7H12I/c1-2-6-4-5-8-7(6)3-1/h6-7H,1-5H2/q-1. The molecule has 48 valence electrons. The third-order valence-electron chi connectivity index (χ3n) is 2.35. The summed E-state index contributed by atoms with van der Waals surface area (Å²) in [5.41, 5.74) is 0. The molecule has 2 aliphatic rings. The van der Waals surface area contributed by atoms with Crippen molar-refractivity contribution in [2.24, 2.45) is 5.92 Å². The zero-order valence-corrected chi connectivity index (χ0v) is 7.23. The maximum atomic E-state index is 1.65. The van der Waals surface area contributed by atoms with E-state index >= 15 is 0 Å². The molecule has 1 saturated carbocycles. The zero-order valence-electron chi connectivity index (χ0n) is 5.07. The van der Waals surface area contributed by atoms with Gasteiger partial charge in [-0.3, -0.25) is 0 Å². The van der Waals surface area contributed by atoms with E-state index in [1.54, 1.807) is 30.1 Å². The van der Waals surface area contributed by atoms with Crippen LogP contribution >= 0.6 is 0 Å². The van der Waals surface area contributed by atoms with Gasteiger partial charge in [-0.2, -0.15) is 0 Å². The van der Waals surface area contributed by atoms with Crippen LogP contribution in [0.15, 0.2) is 0 Å². The van der Waals surface area contributed by atoms with E-state index in [9.17, 15) is 0 Å². The van der Waals surface area contributed by atoms with Gasteiger partial charge in [0.1, 0.15) is 0 Å². The van der Waals surface area contributed by atoms with E-state index < -0.39 is 0 Å². The molecule has 1 heterocycles. The van der Waals surface area contributed by atoms with Crippen molar-refractivity contribution < 1.29 is 21.2 Å². The Morgan fingerprint density at radius 3 is 3.00 bits per heavy atom. The van der Waals surface area contributed by atoms with Crippen molar-refractivity contribution in [1.82, 2.24) is 0 Å². The summed E-state index contributed by atoms with van der Waals surface area (Å²) >= 11 is 0.699. The Balaban J connectivity index is 2.04. The molecule has 0 amide bonds. The van der Waals surface area contributed by atoms with Crippen LogP contribution in [0.2, 0.25) is 0 Å². The molecular weight excluding hydrogens is 211 g/mol. The van der Waals surface area contributed by atoms with Crippen LogP contribution in [0.3, 0.4) is 0 Å². The summed E-state index contributed by atoms with van der Waals surface area (Å²) in [5, 5.41) is 0. The number of hydrogen-bond donors (Lipinski definition) is 0. The first kappa shape index (κ1) is 5.51. The second-order valence-corrected chi connectivity index (χ2v) is 6.40. The predicted octanol–water partition coefficient (Wildman–Crippen LogP) is -1.35. The van der Waals surface area contributed by atoms with Crippen LogP contribution in [0.1, 0.15) is 25.7 Å². The van der Waals surface area contributed by atoms with Crippen LogP contribution < -0.4 is 21.2 Å². The maximum absolute atomic E-state index is 1.65. The molecule has 0 aromatic carbocycles. The molecule has 2 rings (SSSR count). The van der Waals surface area contributed by atoms with Crippen molar-refractivity contribution in [2.45, 2.75) is 29.6 Å². The summed E-state index contributed by atoms with van der Waals surface area (Å²) in [6.45, 7) is 0. The fourth-order valence-electron chi connectivity index (χ4n) is 1.86. The minimum absolute atomic E-state index is 0.699. The Labute approximate surface area is 61.3 Å². The normalized spacial score (nSPS) is 46.0. The third kappa shape index (κ3) is 0.789. The monoisotopic (exact) mass is 223 g/mol. The molecule has 0 nitrogen and oxygen atoms in total. The van der Waals surface area contributed by atoms with Crippen molar-refractivity contribution in [1.29, 1.82) is 0 Å². The van der Waals surface area contributed by atoms with Crippen molar-refractivity contribution in [3.8, 4) is 0 Å². The third-order valence-corrected chi connectivity index (χ3v) is 6.37. The second kappa shape index (κ2) is 2.16. The number of alkyl halides is 2. The molecule has 8 heavy (non-hydrogen) atoms. The quantitative estimate of drug-likeness (QED) is 0.352. The van der Waals surface area contributed by atoms with E-state index in [1.807, 2.05) is 0 Å². The van der Waals surface area contributed by atoms with Crippen molar-refractivity contribution in [3.05, 3.63) is 0 Å². The molecule has 0 N–H and O–H groups in total. The molecule has 0 aromatic heterocycles. The summed E-state index contributed by atoms with van der Waals surface area (Å²) in [6, 6.07) is 0. The van der Waals surface area contributed by atoms with Gasteiger partial charge in [-0.1, -0.05) is 0 Å². The van der Waals surface area contributed by atoms with Crippen molar-refractivity contribution in [3.63, 3.8) is 0 Å². The first-order valence-corrected chi connectivity index (χ1v) is 6.31. The van der Waals surface area contributed by atoms with Gasteiger partial charge in [0, 0.05) is 0 Å². The molecule has 2 unspecified atom stereocenters. The molecule has 2 fully saturated rings. The number of halogens is 1. The van der Waals surface area contributed by atoms with E-state index in [4.69, 9.17) is 0 Å². The van der Waals surface area contributed by atoms with Gasteiger partial charge in [0.25, 0.3) is 0 Å². The molecule has 0 aromatic rings. The first-order chi connectivity index (χ1) is 3.97. The average Bonchev–Trinajstić information content (AvgIpc) is 2.15. The van der Waals surface area contributed by atoms with Crippen molar-refractivity contribution in [2.75, 3.05) is 4.43 Å². The summed E-state index contributed by atoms with van der Waals surface area (Å²) in [4.78, 5) is 0. The molecule has 1 heteroatoms. The molecule has 1 aliphatic carbocycles. The van der Waals surface area contributed by atoms with Gasteiger partial charge in [-0.15, -0.1) is 0 Å². The van der Waals surface area contributed by atoms with E-state index in [0.29, 0.717) is 21.2 Å². The Kier molecular flexibility index (Phi) is 1.49. The topological polar surface area (TPSA) is 0 Å². The molecule has 1 aliphatic heterocycles. The van der Waals surface area contributed by atoms with Crippen LogP contribution in [0.4, 0.5) is 0 Å². The first-order valence-electron chi connectivity index (χ1n) is 3.54. The van der Waals surface area contributed by atoms with Gasteiger partial charge in [0.2, 0.25) is 0 Å². The van der Waals surface area contributed by atoms with Gasteiger partial charge in [-0.05, 0) is 0 Å². The zero-order chi connectivity index (χ0) is 5.40. The Bertz CT molecular complexity index is 70.4. The molecule has 0 spiro atoms. The summed E-state index contributed by atoms with van der Waals surface area (Å²) in [5.74, 6) is 1.22. The molecule has 0 bridgehead atoms. The van der Waals surface area contributed by atoms with Gasteiger partial charge >= 0.3 is 61.2 Å². The summed E-state index contributed by atoms with van der Waals surface area (Å²) in [7, 11) is 0. The number of rotatable bonds is 0. The van der Waals surface area contributed by atoms with Gasteiger partial charge in [0.05, 0.1) is 0 Å². The summed E-state index contributed by atoms with van der Waals surface area (Å²) < 4.78 is 2.93. The summed E-state index contributed by atoms with van der Waals surface area (Å²) in [6.07, 6.45) is 6.37. The van der Waals surface area contributed by atoms with Gasteiger partial charge < -0.3 is 0 Å². The predicted molar refractivity (Wildman–Crippen MR) is 30.6 cm³/mol. The van der Waals surface area contributed by atoms with E-state index in [-0.39, 0.29) is 0 Å². The second-order valence-electron chi connectivity index (χ2n) is 2.84. The fourth-order valence-corrected chi connectivity index (χ4v) is 6.14. The van der Waals surface area contributed by atoms with Crippen LogP contribution in [0, 0.1) is 5.92 Å². The Morgan fingerprint density at radius 2 is 2.12 bits per heavy atom. The average molecular weight is 223 g/mol. The molecular formula is C7H12I-. The van der Waals surface area contributed by atoms with Crippen molar-refractivity contribution >= 4 is 0 Å². The van der Waals surface area contributed by atoms with E-state index in [1.165, 1.54) is 9.84 Å². The van der Waals surface area contributed by atoms with Crippen LogP contribution in [-0.4, -0.2) is 8.35 Å². The Hall–Kier alpha value is 0.730. The molecule has 2 atom stereocenters. The van der Waals surface area contributed by atoms with E-state index in [0.717, 1.165) is 0 Å². The SMILES string of the molecule is C1CC2CC[I-]C2C1. The van der Waals surface area contributed by atoms with Gasteiger partial charge in [0.15, 0.2) is 0 Å². The number of fused-ring (bicyclic) bond motifs is 1. The van der Waals surface area contributed by atoms with E-state index in [2.05, 4.69) is 0 Å². The fraction of sp³-hybridized carbons (Fsp3) is 1.00. The van der Waals surface area contributed by atoms with Crippen LogP contribution in [0.25, 0.3) is 0 Å². The van der Waals surface area contributed by atoms with Crippen LogP contribution in [0.5, 0.6) is 0 Å². The molecule has 0 radical (unpaired) electrons. The van der Waals surface area contributed by atoms with Crippen LogP contribution in [-0.2, 0) is 0 Å². The number of hydrogen-bond acceptors (Lipinski definition) is 0. The minimum atomic E-state index is 0.699. The molecule has 1 saturated heterocycles. The van der Waals surface area contributed by atoms with Gasteiger partial charge in [-0.25, -0.2) is 0 Å². The Morgan fingerprint density at radius 1 is 1.12 bits per heavy atom.